The highest BCUT2D eigenvalue weighted by Crippen LogP contribution is 2.25. The lowest BCUT2D eigenvalue weighted by Crippen LogP contribution is -2.63. The third kappa shape index (κ3) is 2.92. The minimum Gasteiger partial charge on any atom is -0.480 e. The fourth-order valence-corrected chi connectivity index (χ4v) is 1.98. The molecule has 7 heteroatoms. The molecule has 1 aromatic heterocycles. The molecule has 0 saturated carbocycles. The van der Waals surface area contributed by atoms with Crippen molar-refractivity contribution in [2.45, 2.75) is 12.5 Å². The average Bonchev–Trinajstić information content (AvgIpc) is 2.41. The number of carboxylic acids is 1. The van der Waals surface area contributed by atoms with Gasteiger partial charge in [0.15, 0.2) is 0 Å². The standard InChI is InChI=1S/C13H13N3O4/c1-13(20-6-11(17)18)7-16(8-13)12(19)10-3-2-9(4-14)5-15-10/h2-3,5H,6-8H2,1H3,(H,17,18). The molecular weight excluding hydrogens is 262 g/mol. The zero-order chi connectivity index (χ0) is 14.8. The molecule has 1 N–H and O–H groups in total. The van der Waals surface area contributed by atoms with E-state index in [0.717, 1.165) is 0 Å². The van der Waals surface area contributed by atoms with Crippen LogP contribution >= 0.6 is 0 Å². The monoisotopic (exact) mass is 275 g/mol. The summed E-state index contributed by atoms with van der Waals surface area (Å²) >= 11 is 0. The van der Waals surface area contributed by atoms with E-state index in [-0.39, 0.29) is 18.2 Å². The highest BCUT2D eigenvalue weighted by Gasteiger charge is 2.43. The van der Waals surface area contributed by atoms with Crippen molar-refractivity contribution in [1.82, 2.24) is 9.88 Å². The fraction of sp³-hybridized carbons (Fsp3) is 0.385. The van der Waals surface area contributed by atoms with E-state index in [1.807, 2.05) is 6.07 Å². The van der Waals surface area contributed by atoms with E-state index >= 15 is 0 Å². The quantitative estimate of drug-likeness (QED) is 0.845. The van der Waals surface area contributed by atoms with E-state index in [4.69, 9.17) is 15.1 Å². The van der Waals surface area contributed by atoms with Gasteiger partial charge in [-0.2, -0.15) is 5.26 Å². The van der Waals surface area contributed by atoms with Crippen molar-refractivity contribution in [3.05, 3.63) is 29.6 Å². The third-order valence-corrected chi connectivity index (χ3v) is 2.99. The summed E-state index contributed by atoms with van der Waals surface area (Å²) in [6.07, 6.45) is 1.34. The highest BCUT2D eigenvalue weighted by atomic mass is 16.5. The Morgan fingerprint density at radius 1 is 1.55 bits per heavy atom. The third-order valence-electron chi connectivity index (χ3n) is 2.99. The Labute approximate surface area is 115 Å². The number of hydrogen-bond acceptors (Lipinski definition) is 5. The van der Waals surface area contributed by atoms with Gasteiger partial charge in [-0.25, -0.2) is 9.78 Å². The second-order valence-electron chi connectivity index (χ2n) is 4.84. The molecule has 1 aliphatic heterocycles. The number of nitriles is 1. The molecule has 1 aliphatic rings. The van der Waals surface area contributed by atoms with Crippen LogP contribution in [0.25, 0.3) is 0 Å². The van der Waals surface area contributed by atoms with Crippen molar-refractivity contribution in [3.8, 4) is 6.07 Å². The van der Waals surface area contributed by atoms with Gasteiger partial charge in [0, 0.05) is 6.20 Å². The van der Waals surface area contributed by atoms with Gasteiger partial charge < -0.3 is 14.7 Å². The summed E-state index contributed by atoms with van der Waals surface area (Å²) in [4.78, 5) is 28.0. The lowest BCUT2D eigenvalue weighted by Gasteiger charge is -2.47. The Morgan fingerprint density at radius 3 is 2.75 bits per heavy atom. The molecule has 0 spiro atoms. The summed E-state index contributed by atoms with van der Waals surface area (Å²) in [7, 11) is 0. The Kier molecular flexibility index (Phi) is 3.68. The molecule has 0 unspecified atom stereocenters. The number of pyridine rings is 1. The van der Waals surface area contributed by atoms with E-state index in [0.29, 0.717) is 18.7 Å². The van der Waals surface area contributed by atoms with Crippen molar-refractivity contribution in [1.29, 1.82) is 5.26 Å². The van der Waals surface area contributed by atoms with Gasteiger partial charge in [0.2, 0.25) is 0 Å². The minimum absolute atomic E-state index is 0.254. The maximum atomic E-state index is 12.1. The Bertz CT molecular complexity index is 570. The van der Waals surface area contributed by atoms with Gasteiger partial charge in [-0.05, 0) is 19.1 Å². The molecule has 0 atom stereocenters. The van der Waals surface area contributed by atoms with Gasteiger partial charge in [0.05, 0.1) is 18.7 Å². The molecule has 1 fully saturated rings. The van der Waals surface area contributed by atoms with Crippen LogP contribution in [0.4, 0.5) is 0 Å². The topological polar surface area (TPSA) is 104 Å². The lowest BCUT2D eigenvalue weighted by atomic mass is 9.96. The van der Waals surface area contributed by atoms with Crippen molar-refractivity contribution >= 4 is 11.9 Å². The second kappa shape index (κ2) is 5.27. The predicted octanol–water partition coefficient (Wildman–Crippen LogP) is 0.269. The van der Waals surface area contributed by atoms with E-state index in [1.165, 1.54) is 23.2 Å². The molecule has 1 aromatic rings. The molecule has 1 saturated heterocycles. The SMILES string of the molecule is CC1(OCC(=O)O)CN(C(=O)c2ccc(C#N)cn2)C1. The van der Waals surface area contributed by atoms with Crippen LogP contribution in [0.2, 0.25) is 0 Å². The molecule has 7 nitrogen and oxygen atoms in total. The summed E-state index contributed by atoms with van der Waals surface area (Å²) in [5.74, 6) is -1.30. The van der Waals surface area contributed by atoms with Crippen molar-refractivity contribution in [2.75, 3.05) is 19.7 Å². The van der Waals surface area contributed by atoms with Crippen LogP contribution in [-0.2, 0) is 9.53 Å². The van der Waals surface area contributed by atoms with Gasteiger partial charge >= 0.3 is 5.97 Å². The molecule has 104 valence electrons. The lowest BCUT2D eigenvalue weighted by molar-refractivity contribution is -0.159. The Balaban J connectivity index is 1.93. The van der Waals surface area contributed by atoms with Crippen molar-refractivity contribution < 1.29 is 19.4 Å². The zero-order valence-corrected chi connectivity index (χ0v) is 10.9. The molecule has 2 heterocycles. The number of aromatic nitrogens is 1. The van der Waals surface area contributed by atoms with Gasteiger partial charge in [0.25, 0.3) is 5.91 Å². The first-order chi connectivity index (χ1) is 9.43. The summed E-state index contributed by atoms with van der Waals surface area (Å²) in [6, 6.07) is 4.95. The van der Waals surface area contributed by atoms with Crippen LogP contribution in [0, 0.1) is 11.3 Å². The first kappa shape index (κ1) is 14.0. The van der Waals surface area contributed by atoms with E-state index < -0.39 is 11.6 Å². The maximum Gasteiger partial charge on any atom is 0.329 e. The summed E-state index contributed by atoms with van der Waals surface area (Å²) in [6.45, 7) is 2.02. The van der Waals surface area contributed by atoms with Crippen LogP contribution < -0.4 is 0 Å². The molecule has 0 radical (unpaired) electrons. The number of nitrogens with zero attached hydrogens (tertiary/aromatic N) is 3. The van der Waals surface area contributed by atoms with E-state index in [1.54, 1.807) is 6.92 Å². The number of likely N-dealkylation sites (tertiary alicyclic amines) is 1. The maximum absolute atomic E-state index is 12.1. The number of ether oxygens (including phenoxy) is 1. The molecule has 0 bridgehead atoms. The van der Waals surface area contributed by atoms with E-state index in [2.05, 4.69) is 4.98 Å². The normalized spacial score (nSPS) is 16.1. The minimum atomic E-state index is -1.04. The summed E-state index contributed by atoms with van der Waals surface area (Å²) in [5, 5.41) is 17.2. The fourth-order valence-electron chi connectivity index (χ4n) is 1.98. The molecular formula is C13H13N3O4. The van der Waals surface area contributed by atoms with Crippen LogP contribution in [0.5, 0.6) is 0 Å². The van der Waals surface area contributed by atoms with Crippen molar-refractivity contribution in [2.24, 2.45) is 0 Å². The van der Waals surface area contributed by atoms with Crippen LogP contribution in [0.1, 0.15) is 23.0 Å². The molecule has 20 heavy (non-hydrogen) atoms. The van der Waals surface area contributed by atoms with Gasteiger partial charge in [-0.1, -0.05) is 0 Å². The average molecular weight is 275 g/mol. The number of carboxylic acid groups (broad SMARTS) is 1. The molecule has 2 rings (SSSR count). The number of aliphatic carboxylic acids is 1. The second-order valence-corrected chi connectivity index (χ2v) is 4.84. The first-order valence-electron chi connectivity index (χ1n) is 5.95. The predicted molar refractivity (Wildman–Crippen MR) is 66.8 cm³/mol. The van der Waals surface area contributed by atoms with Crippen LogP contribution in [0.15, 0.2) is 18.3 Å². The van der Waals surface area contributed by atoms with Crippen LogP contribution in [0.3, 0.4) is 0 Å². The molecule has 1 amide bonds. The number of rotatable bonds is 4. The number of carbonyl (C=O) groups excluding carboxylic acids is 1. The largest absolute Gasteiger partial charge is 0.480 e. The van der Waals surface area contributed by atoms with Gasteiger partial charge in [-0.15, -0.1) is 0 Å². The number of hydrogen-bond donors (Lipinski definition) is 1. The molecule has 0 aromatic carbocycles. The van der Waals surface area contributed by atoms with Crippen molar-refractivity contribution in [3.63, 3.8) is 0 Å². The van der Waals surface area contributed by atoms with Crippen LogP contribution in [-0.4, -0.2) is 52.2 Å². The van der Waals surface area contributed by atoms with Gasteiger partial charge in [0.1, 0.15) is 24.0 Å². The number of amides is 1. The first-order valence-corrected chi connectivity index (χ1v) is 5.95. The van der Waals surface area contributed by atoms with E-state index in [9.17, 15) is 9.59 Å². The Morgan fingerprint density at radius 2 is 2.25 bits per heavy atom. The smallest absolute Gasteiger partial charge is 0.329 e. The zero-order valence-electron chi connectivity index (χ0n) is 10.9. The van der Waals surface area contributed by atoms with Gasteiger partial charge in [-0.3, -0.25) is 4.79 Å². The summed E-state index contributed by atoms with van der Waals surface area (Å²) in [5.41, 5.74) is 0.0183. The Hall–Kier alpha value is -2.46. The summed E-state index contributed by atoms with van der Waals surface area (Å²) < 4.78 is 5.22. The number of carbonyl (C=O) groups is 2. The molecule has 0 aliphatic carbocycles. The highest BCUT2D eigenvalue weighted by molar-refractivity contribution is 5.93.